The summed E-state index contributed by atoms with van der Waals surface area (Å²) in [5.74, 6) is 0.603. The Balaban J connectivity index is 1.52. The summed E-state index contributed by atoms with van der Waals surface area (Å²) in [6, 6.07) is 3.69. The van der Waals surface area contributed by atoms with Gasteiger partial charge >= 0.3 is 0 Å². The number of sulfonamides is 1. The lowest BCUT2D eigenvalue weighted by atomic mass is 9.96. The number of aryl methyl sites for hydroxylation is 1. The van der Waals surface area contributed by atoms with Crippen molar-refractivity contribution in [3.8, 4) is 0 Å². The maximum atomic E-state index is 13.4. The van der Waals surface area contributed by atoms with E-state index in [1.807, 2.05) is 28.8 Å². The Morgan fingerprint density at radius 1 is 1.28 bits per heavy atom. The first-order valence-electron chi connectivity index (χ1n) is 10.1. The van der Waals surface area contributed by atoms with Gasteiger partial charge in [0.05, 0.1) is 31.3 Å². The van der Waals surface area contributed by atoms with Crippen molar-refractivity contribution in [2.24, 2.45) is 13.0 Å². The summed E-state index contributed by atoms with van der Waals surface area (Å²) in [4.78, 5) is 15.2. The Bertz CT molecular complexity index is 973. The molecule has 2 aromatic heterocycles. The summed E-state index contributed by atoms with van der Waals surface area (Å²) in [5.41, 5.74) is 3.51. The van der Waals surface area contributed by atoms with Crippen molar-refractivity contribution < 1.29 is 17.6 Å². The first kappa shape index (κ1) is 20.2. The SMILES string of the molecule is Cn1nc(CN(Cc2ccco2)C(=O)C2CCN(S(C)(=O)=O)CC2)c2c1CCC2. The van der Waals surface area contributed by atoms with Crippen LogP contribution in [0.25, 0.3) is 0 Å². The molecule has 158 valence electrons. The first-order chi connectivity index (χ1) is 13.8. The number of amides is 1. The largest absolute Gasteiger partial charge is 0.467 e. The van der Waals surface area contributed by atoms with E-state index < -0.39 is 10.0 Å². The number of carbonyl (C=O) groups excluding carboxylic acids is 1. The molecular formula is C20H28N4O4S. The molecule has 0 N–H and O–H groups in total. The summed E-state index contributed by atoms with van der Waals surface area (Å²) < 4.78 is 32.4. The fraction of sp³-hybridized carbons (Fsp3) is 0.600. The van der Waals surface area contributed by atoms with Gasteiger partial charge in [-0.05, 0) is 49.8 Å². The van der Waals surface area contributed by atoms with Crippen LogP contribution in [-0.4, -0.2) is 52.7 Å². The Kier molecular flexibility index (Phi) is 5.52. The minimum atomic E-state index is -3.21. The fourth-order valence-corrected chi connectivity index (χ4v) is 5.37. The highest BCUT2D eigenvalue weighted by atomic mass is 32.2. The number of piperidine rings is 1. The highest BCUT2D eigenvalue weighted by Gasteiger charge is 2.33. The maximum absolute atomic E-state index is 13.4. The minimum absolute atomic E-state index is 0.0481. The van der Waals surface area contributed by atoms with Crippen molar-refractivity contribution in [3.05, 3.63) is 41.1 Å². The summed E-state index contributed by atoms with van der Waals surface area (Å²) in [6.07, 6.45) is 7.09. The second-order valence-electron chi connectivity index (χ2n) is 8.06. The third-order valence-corrected chi connectivity index (χ3v) is 7.35. The summed E-state index contributed by atoms with van der Waals surface area (Å²) in [6.45, 7) is 1.63. The molecule has 0 atom stereocenters. The molecular weight excluding hydrogens is 392 g/mol. The molecule has 3 heterocycles. The van der Waals surface area contributed by atoms with E-state index in [1.54, 1.807) is 6.26 Å². The standard InChI is InChI=1S/C20H28N4O4S/c1-22-19-7-3-6-17(19)18(21-22)14-23(13-16-5-4-12-28-16)20(25)15-8-10-24(11-9-15)29(2,26)27/h4-5,12,15H,3,6-11,13-14H2,1-2H3. The zero-order valence-electron chi connectivity index (χ0n) is 17.0. The van der Waals surface area contributed by atoms with E-state index in [-0.39, 0.29) is 11.8 Å². The smallest absolute Gasteiger partial charge is 0.226 e. The van der Waals surface area contributed by atoms with Crippen molar-refractivity contribution in [3.63, 3.8) is 0 Å². The average molecular weight is 421 g/mol. The van der Waals surface area contributed by atoms with Gasteiger partial charge in [-0.15, -0.1) is 0 Å². The van der Waals surface area contributed by atoms with Crippen molar-refractivity contribution >= 4 is 15.9 Å². The van der Waals surface area contributed by atoms with Crippen LogP contribution < -0.4 is 0 Å². The van der Waals surface area contributed by atoms with E-state index in [9.17, 15) is 13.2 Å². The number of furan rings is 1. The molecule has 1 aliphatic carbocycles. The van der Waals surface area contributed by atoms with Gasteiger partial charge in [-0.2, -0.15) is 5.10 Å². The molecule has 1 saturated heterocycles. The molecule has 2 aliphatic rings. The van der Waals surface area contributed by atoms with Gasteiger partial charge in [0.1, 0.15) is 5.76 Å². The van der Waals surface area contributed by atoms with Crippen LogP contribution in [0.4, 0.5) is 0 Å². The number of aromatic nitrogens is 2. The van der Waals surface area contributed by atoms with Crippen LogP contribution in [0.1, 0.15) is 42.0 Å². The lowest BCUT2D eigenvalue weighted by Gasteiger charge is -2.32. The third-order valence-electron chi connectivity index (χ3n) is 6.05. The normalized spacial score (nSPS) is 18.1. The fourth-order valence-electron chi connectivity index (χ4n) is 4.50. The van der Waals surface area contributed by atoms with Gasteiger partial charge in [-0.1, -0.05) is 0 Å². The molecule has 1 amide bonds. The highest BCUT2D eigenvalue weighted by Crippen LogP contribution is 2.28. The summed E-state index contributed by atoms with van der Waals surface area (Å²) in [7, 11) is -1.24. The molecule has 29 heavy (non-hydrogen) atoms. The number of nitrogens with zero attached hydrogens (tertiary/aromatic N) is 4. The van der Waals surface area contributed by atoms with Gasteiger partial charge in [0.2, 0.25) is 15.9 Å². The minimum Gasteiger partial charge on any atom is -0.467 e. The van der Waals surface area contributed by atoms with Gasteiger partial charge in [-0.3, -0.25) is 9.48 Å². The number of carbonyl (C=O) groups is 1. The molecule has 0 radical (unpaired) electrons. The number of fused-ring (bicyclic) bond motifs is 1. The first-order valence-corrected chi connectivity index (χ1v) is 12.0. The van der Waals surface area contributed by atoms with E-state index >= 15 is 0 Å². The van der Waals surface area contributed by atoms with Gasteiger partial charge in [0, 0.05) is 31.7 Å². The molecule has 4 rings (SSSR count). The van der Waals surface area contributed by atoms with Crippen LogP contribution in [-0.2, 0) is 47.8 Å². The Morgan fingerprint density at radius 3 is 2.69 bits per heavy atom. The molecule has 0 saturated carbocycles. The van der Waals surface area contributed by atoms with Gasteiger partial charge in [0.15, 0.2) is 0 Å². The highest BCUT2D eigenvalue weighted by molar-refractivity contribution is 7.88. The van der Waals surface area contributed by atoms with Crippen molar-refractivity contribution in [1.82, 2.24) is 19.0 Å². The third kappa shape index (κ3) is 4.25. The number of hydrogen-bond acceptors (Lipinski definition) is 5. The van der Waals surface area contributed by atoms with E-state index in [1.165, 1.54) is 21.8 Å². The van der Waals surface area contributed by atoms with E-state index in [0.717, 1.165) is 30.7 Å². The monoisotopic (exact) mass is 420 g/mol. The average Bonchev–Trinajstić information content (AvgIpc) is 3.41. The second-order valence-corrected chi connectivity index (χ2v) is 10.0. The quantitative estimate of drug-likeness (QED) is 0.710. The van der Waals surface area contributed by atoms with Crippen LogP contribution in [0.3, 0.4) is 0 Å². The Labute approximate surface area is 171 Å². The van der Waals surface area contributed by atoms with Crippen LogP contribution >= 0.6 is 0 Å². The molecule has 2 aromatic rings. The van der Waals surface area contributed by atoms with E-state index in [2.05, 4.69) is 5.10 Å². The Morgan fingerprint density at radius 2 is 2.03 bits per heavy atom. The molecule has 1 fully saturated rings. The van der Waals surface area contributed by atoms with Crippen molar-refractivity contribution in [2.75, 3.05) is 19.3 Å². The predicted octanol–water partition coefficient (Wildman–Crippen LogP) is 1.70. The van der Waals surface area contributed by atoms with Crippen LogP contribution in [0.15, 0.2) is 22.8 Å². The maximum Gasteiger partial charge on any atom is 0.226 e. The summed E-state index contributed by atoms with van der Waals surface area (Å²) in [5, 5.41) is 4.68. The van der Waals surface area contributed by atoms with Crippen molar-refractivity contribution in [2.45, 2.75) is 45.2 Å². The van der Waals surface area contributed by atoms with Crippen LogP contribution in [0, 0.1) is 5.92 Å². The predicted molar refractivity (Wildman–Crippen MR) is 107 cm³/mol. The lowest BCUT2D eigenvalue weighted by molar-refractivity contribution is -0.138. The van der Waals surface area contributed by atoms with Crippen molar-refractivity contribution in [1.29, 1.82) is 0 Å². The number of hydrogen-bond donors (Lipinski definition) is 0. The van der Waals surface area contributed by atoms with E-state index in [0.29, 0.717) is 39.0 Å². The molecule has 9 heteroatoms. The number of rotatable bonds is 6. The molecule has 8 nitrogen and oxygen atoms in total. The van der Waals surface area contributed by atoms with Gasteiger partial charge in [0.25, 0.3) is 0 Å². The molecule has 0 spiro atoms. The van der Waals surface area contributed by atoms with Gasteiger partial charge < -0.3 is 9.32 Å². The zero-order chi connectivity index (χ0) is 20.6. The zero-order valence-corrected chi connectivity index (χ0v) is 17.8. The second kappa shape index (κ2) is 7.95. The molecule has 0 bridgehead atoms. The van der Waals surface area contributed by atoms with Crippen LogP contribution in [0.5, 0.6) is 0 Å². The molecule has 1 aliphatic heterocycles. The Hall–Kier alpha value is -2.13. The van der Waals surface area contributed by atoms with Crippen LogP contribution in [0.2, 0.25) is 0 Å². The summed E-state index contributed by atoms with van der Waals surface area (Å²) >= 11 is 0. The molecule has 0 aromatic carbocycles. The van der Waals surface area contributed by atoms with E-state index in [4.69, 9.17) is 4.42 Å². The van der Waals surface area contributed by atoms with Gasteiger partial charge in [-0.25, -0.2) is 12.7 Å². The molecule has 0 unspecified atom stereocenters. The topological polar surface area (TPSA) is 88.7 Å². The lowest BCUT2D eigenvalue weighted by Crippen LogP contribution is -2.43.